The summed E-state index contributed by atoms with van der Waals surface area (Å²) in [6.45, 7) is 3.08. The van der Waals surface area contributed by atoms with Gasteiger partial charge in [-0.15, -0.1) is 0 Å². The van der Waals surface area contributed by atoms with Crippen molar-refractivity contribution in [1.82, 2.24) is 9.91 Å². The van der Waals surface area contributed by atoms with Gasteiger partial charge in [-0.2, -0.15) is 0 Å². The van der Waals surface area contributed by atoms with Gasteiger partial charge in [-0.3, -0.25) is 10.6 Å². The van der Waals surface area contributed by atoms with Crippen LogP contribution in [0.25, 0.3) is 0 Å². The van der Waals surface area contributed by atoms with Gasteiger partial charge in [0.15, 0.2) is 0 Å². The number of rotatable bonds is 2. The Morgan fingerprint density at radius 3 is 2.50 bits per heavy atom. The maximum Gasteiger partial charge on any atom is 0.248 e. The minimum Gasteiger partial charge on any atom is -0.375 e. The molecule has 5 nitrogen and oxygen atoms in total. The molecule has 1 amide bonds. The third kappa shape index (κ3) is 2.44. The van der Waals surface area contributed by atoms with E-state index < -0.39 is 0 Å². The van der Waals surface area contributed by atoms with Crippen molar-refractivity contribution < 1.29 is 9.53 Å². The first kappa shape index (κ1) is 9.44. The molecule has 0 spiro atoms. The highest BCUT2D eigenvalue weighted by molar-refractivity contribution is 5.77. The summed E-state index contributed by atoms with van der Waals surface area (Å²) in [7, 11) is 1.52. The van der Waals surface area contributed by atoms with E-state index in [0.717, 1.165) is 13.1 Å². The predicted molar refractivity (Wildman–Crippen MR) is 44.2 cm³/mol. The third-order valence-corrected chi connectivity index (χ3v) is 1.93. The molecule has 0 aromatic heterocycles. The number of ether oxygens (including phenoxy) is 1. The molecule has 1 aliphatic heterocycles. The summed E-state index contributed by atoms with van der Waals surface area (Å²) in [5.41, 5.74) is 0. The second-order valence-electron chi connectivity index (χ2n) is 2.85. The Hall–Kier alpha value is -0.650. The van der Waals surface area contributed by atoms with Gasteiger partial charge in [-0.25, -0.2) is 5.01 Å². The number of hydrogen-bond acceptors (Lipinski definition) is 4. The highest BCUT2D eigenvalue weighted by Crippen LogP contribution is 1.97. The Bertz CT molecular complexity index is 155. The van der Waals surface area contributed by atoms with Gasteiger partial charge in [0.1, 0.15) is 6.61 Å². The Kier molecular flexibility index (Phi) is 3.46. The van der Waals surface area contributed by atoms with E-state index in [-0.39, 0.29) is 12.5 Å². The largest absolute Gasteiger partial charge is 0.375 e. The SMILES string of the molecule is COCC(=O)N1CCN(N)CC1. The van der Waals surface area contributed by atoms with Crippen LogP contribution in [0.5, 0.6) is 0 Å². The van der Waals surface area contributed by atoms with Gasteiger partial charge in [0, 0.05) is 33.3 Å². The summed E-state index contributed by atoms with van der Waals surface area (Å²) in [4.78, 5) is 13.0. The van der Waals surface area contributed by atoms with Crippen LogP contribution < -0.4 is 5.84 Å². The predicted octanol–water partition coefficient (Wildman–Crippen LogP) is -1.35. The number of carbonyl (C=O) groups excluding carboxylic acids is 1. The number of nitrogens with two attached hydrogens (primary N) is 1. The average molecular weight is 173 g/mol. The van der Waals surface area contributed by atoms with Crippen LogP contribution in [0.3, 0.4) is 0 Å². The lowest BCUT2D eigenvalue weighted by Gasteiger charge is -2.31. The van der Waals surface area contributed by atoms with Crippen LogP contribution in [0.15, 0.2) is 0 Å². The number of hydrogen-bond donors (Lipinski definition) is 1. The normalized spacial score (nSPS) is 19.7. The highest BCUT2D eigenvalue weighted by Gasteiger charge is 2.18. The number of amides is 1. The zero-order chi connectivity index (χ0) is 8.97. The Morgan fingerprint density at radius 2 is 2.00 bits per heavy atom. The van der Waals surface area contributed by atoms with E-state index in [9.17, 15) is 4.79 Å². The molecule has 1 heterocycles. The fraction of sp³-hybridized carbons (Fsp3) is 0.857. The molecule has 1 rings (SSSR count). The van der Waals surface area contributed by atoms with Crippen LogP contribution in [0.2, 0.25) is 0 Å². The molecule has 1 fully saturated rings. The molecule has 0 aromatic carbocycles. The maximum atomic E-state index is 11.2. The quantitative estimate of drug-likeness (QED) is 0.525. The standard InChI is InChI=1S/C7H15N3O2/c1-12-6-7(11)9-2-4-10(8)5-3-9/h2-6,8H2,1H3. The third-order valence-electron chi connectivity index (χ3n) is 1.93. The van der Waals surface area contributed by atoms with Crippen molar-refractivity contribution in [3.8, 4) is 0 Å². The summed E-state index contributed by atoms with van der Waals surface area (Å²) in [5, 5.41) is 1.72. The Balaban J connectivity index is 2.29. The number of nitrogens with zero attached hydrogens (tertiary/aromatic N) is 2. The van der Waals surface area contributed by atoms with E-state index in [2.05, 4.69) is 0 Å². The molecule has 0 bridgehead atoms. The number of hydrazine groups is 1. The first-order valence-corrected chi connectivity index (χ1v) is 4.00. The lowest BCUT2D eigenvalue weighted by molar-refractivity contribution is -0.136. The minimum absolute atomic E-state index is 0.0469. The summed E-state index contributed by atoms with van der Waals surface area (Å²) in [6, 6.07) is 0. The summed E-state index contributed by atoms with van der Waals surface area (Å²) >= 11 is 0. The van der Waals surface area contributed by atoms with E-state index in [1.54, 1.807) is 9.91 Å². The molecule has 70 valence electrons. The van der Waals surface area contributed by atoms with Crippen molar-refractivity contribution in [2.75, 3.05) is 39.9 Å². The molecule has 5 heteroatoms. The first-order valence-electron chi connectivity index (χ1n) is 4.00. The molecule has 0 aromatic rings. The van der Waals surface area contributed by atoms with Crippen molar-refractivity contribution in [2.45, 2.75) is 0 Å². The van der Waals surface area contributed by atoms with E-state index in [0.29, 0.717) is 13.1 Å². The van der Waals surface area contributed by atoms with Gasteiger partial charge < -0.3 is 9.64 Å². The highest BCUT2D eigenvalue weighted by atomic mass is 16.5. The van der Waals surface area contributed by atoms with Crippen molar-refractivity contribution in [3.63, 3.8) is 0 Å². The van der Waals surface area contributed by atoms with Gasteiger partial charge in [0.05, 0.1) is 0 Å². The summed E-state index contributed by atoms with van der Waals surface area (Å²) < 4.78 is 4.75. The van der Waals surface area contributed by atoms with Crippen molar-refractivity contribution in [1.29, 1.82) is 0 Å². The van der Waals surface area contributed by atoms with Gasteiger partial charge in [0.25, 0.3) is 0 Å². The van der Waals surface area contributed by atoms with Gasteiger partial charge in [0.2, 0.25) is 5.91 Å². The van der Waals surface area contributed by atoms with Crippen LogP contribution in [-0.2, 0) is 9.53 Å². The molecule has 0 aliphatic carbocycles. The molecular weight excluding hydrogens is 158 g/mol. The molecule has 0 atom stereocenters. The van der Waals surface area contributed by atoms with Crippen LogP contribution in [0.1, 0.15) is 0 Å². The second kappa shape index (κ2) is 4.39. The Labute approximate surface area is 72.0 Å². The molecule has 1 aliphatic rings. The van der Waals surface area contributed by atoms with Gasteiger partial charge in [-0.05, 0) is 0 Å². The fourth-order valence-electron chi connectivity index (χ4n) is 1.19. The Morgan fingerprint density at radius 1 is 1.42 bits per heavy atom. The van der Waals surface area contributed by atoms with Crippen molar-refractivity contribution >= 4 is 5.91 Å². The second-order valence-corrected chi connectivity index (χ2v) is 2.85. The maximum absolute atomic E-state index is 11.2. The zero-order valence-electron chi connectivity index (χ0n) is 7.32. The zero-order valence-corrected chi connectivity index (χ0v) is 7.32. The van der Waals surface area contributed by atoms with Crippen LogP contribution in [0, 0.1) is 0 Å². The lowest BCUT2D eigenvalue weighted by Crippen LogP contribution is -2.51. The monoisotopic (exact) mass is 173 g/mol. The van der Waals surface area contributed by atoms with Crippen molar-refractivity contribution in [3.05, 3.63) is 0 Å². The van der Waals surface area contributed by atoms with Crippen molar-refractivity contribution in [2.24, 2.45) is 5.84 Å². The van der Waals surface area contributed by atoms with Gasteiger partial charge in [-0.1, -0.05) is 0 Å². The fourth-order valence-corrected chi connectivity index (χ4v) is 1.19. The molecule has 2 N–H and O–H groups in total. The van der Waals surface area contributed by atoms with Gasteiger partial charge >= 0.3 is 0 Å². The number of piperazine rings is 1. The van der Waals surface area contributed by atoms with Crippen LogP contribution in [0.4, 0.5) is 0 Å². The lowest BCUT2D eigenvalue weighted by atomic mass is 10.3. The molecule has 0 saturated carbocycles. The minimum atomic E-state index is 0.0469. The molecule has 1 saturated heterocycles. The van der Waals surface area contributed by atoms with E-state index in [1.807, 2.05) is 0 Å². The first-order chi connectivity index (χ1) is 5.74. The van der Waals surface area contributed by atoms with E-state index >= 15 is 0 Å². The molecule has 12 heavy (non-hydrogen) atoms. The van der Waals surface area contributed by atoms with Crippen LogP contribution in [-0.4, -0.2) is 55.7 Å². The number of carbonyl (C=O) groups is 1. The molecule has 0 radical (unpaired) electrons. The van der Waals surface area contributed by atoms with E-state index in [1.165, 1.54) is 7.11 Å². The number of methoxy groups -OCH3 is 1. The molecule has 0 unspecified atom stereocenters. The summed E-state index contributed by atoms with van der Waals surface area (Å²) in [5.74, 6) is 5.58. The molecular formula is C7H15N3O2. The summed E-state index contributed by atoms with van der Waals surface area (Å²) in [6.07, 6.45) is 0. The average Bonchev–Trinajstić information content (AvgIpc) is 2.06. The topological polar surface area (TPSA) is 58.8 Å². The smallest absolute Gasteiger partial charge is 0.248 e. The van der Waals surface area contributed by atoms with E-state index in [4.69, 9.17) is 10.6 Å². The van der Waals surface area contributed by atoms with Crippen LogP contribution >= 0.6 is 0 Å².